The molecule has 0 aliphatic heterocycles. The Kier molecular flexibility index (Phi) is 4.01. The second-order valence-electron chi connectivity index (χ2n) is 3.65. The molecule has 0 saturated carbocycles. The van der Waals surface area contributed by atoms with Crippen LogP contribution in [0.2, 0.25) is 0 Å². The van der Waals surface area contributed by atoms with E-state index in [1.54, 1.807) is 24.5 Å². The number of ether oxygens (including phenoxy) is 1. The average molecular weight is 247 g/mol. The van der Waals surface area contributed by atoms with Crippen molar-refractivity contribution in [1.82, 2.24) is 15.1 Å². The van der Waals surface area contributed by atoms with Gasteiger partial charge in [-0.2, -0.15) is 4.98 Å². The topological polar surface area (TPSA) is 78.1 Å². The van der Waals surface area contributed by atoms with E-state index in [2.05, 4.69) is 15.1 Å². The molecule has 2 heterocycles. The van der Waals surface area contributed by atoms with Gasteiger partial charge in [-0.15, -0.1) is 0 Å². The molecule has 0 amide bonds. The first kappa shape index (κ1) is 12.2. The van der Waals surface area contributed by atoms with Crippen LogP contribution in [0.3, 0.4) is 0 Å². The summed E-state index contributed by atoms with van der Waals surface area (Å²) >= 11 is 0. The molecular weight excluding hydrogens is 234 g/mol. The fourth-order valence-electron chi connectivity index (χ4n) is 1.30. The summed E-state index contributed by atoms with van der Waals surface area (Å²) in [4.78, 5) is 19.4. The Morgan fingerprint density at radius 2 is 2.17 bits per heavy atom. The van der Waals surface area contributed by atoms with E-state index in [0.717, 1.165) is 18.4 Å². The molecule has 0 fully saturated rings. The van der Waals surface area contributed by atoms with Gasteiger partial charge in [0.25, 0.3) is 0 Å². The Hall–Kier alpha value is -2.24. The first-order chi connectivity index (χ1) is 8.81. The Balaban J connectivity index is 2.04. The molecule has 0 spiro atoms. The van der Waals surface area contributed by atoms with Gasteiger partial charge < -0.3 is 9.26 Å². The molecule has 0 atom stereocenters. The predicted molar refractivity (Wildman–Crippen MR) is 62.7 cm³/mol. The van der Waals surface area contributed by atoms with Crippen LogP contribution in [0, 0.1) is 0 Å². The lowest BCUT2D eigenvalue weighted by Gasteiger charge is -1.98. The molecule has 0 radical (unpaired) electrons. The Labute approximate surface area is 104 Å². The number of carbonyl (C=O) groups is 1. The van der Waals surface area contributed by atoms with E-state index in [4.69, 9.17) is 9.26 Å². The van der Waals surface area contributed by atoms with Crippen molar-refractivity contribution < 1.29 is 14.1 Å². The lowest BCUT2D eigenvalue weighted by atomic mass is 10.2. The van der Waals surface area contributed by atoms with E-state index >= 15 is 0 Å². The summed E-state index contributed by atoms with van der Waals surface area (Å²) < 4.78 is 9.83. The molecule has 94 valence electrons. The largest absolute Gasteiger partial charge is 0.459 e. The highest BCUT2D eigenvalue weighted by atomic mass is 16.6. The van der Waals surface area contributed by atoms with E-state index < -0.39 is 5.97 Å². The number of unbranched alkanes of at least 4 members (excludes halogenated alkanes) is 1. The molecule has 6 heteroatoms. The number of hydrogen-bond donors (Lipinski definition) is 0. The summed E-state index contributed by atoms with van der Waals surface area (Å²) in [6.07, 6.45) is 5.01. The van der Waals surface area contributed by atoms with E-state index in [1.165, 1.54) is 0 Å². The van der Waals surface area contributed by atoms with Crippen LogP contribution >= 0.6 is 0 Å². The molecule has 0 saturated heterocycles. The first-order valence-corrected chi connectivity index (χ1v) is 5.72. The van der Waals surface area contributed by atoms with E-state index in [0.29, 0.717) is 12.4 Å². The van der Waals surface area contributed by atoms with Gasteiger partial charge in [0.2, 0.25) is 5.82 Å². The van der Waals surface area contributed by atoms with Crippen molar-refractivity contribution in [3.05, 3.63) is 30.4 Å². The van der Waals surface area contributed by atoms with E-state index in [9.17, 15) is 4.79 Å². The van der Waals surface area contributed by atoms with Gasteiger partial charge in [-0.1, -0.05) is 18.5 Å². The summed E-state index contributed by atoms with van der Waals surface area (Å²) in [5.41, 5.74) is 0.737. The molecule has 2 rings (SSSR count). The highest BCUT2D eigenvalue weighted by Crippen LogP contribution is 2.14. The van der Waals surface area contributed by atoms with Crippen molar-refractivity contribution in [1.29, 1.82) is 0 Å². The van der Waals surface area contributed by atoms with Crippen molar-refractivity contribution in [2.75, 3.05) is 6.61 Å². The number of rotatable bonds is 5. The van der Waals surface area contributed by atoms with Crippen LogP contribution in [-0.4, -0.2) is 27.7 Å². The minimum Gasteiger partial charge on any atom is -0.459 e. The number of hydrogen-bond acceptors (Lipinski definition) is 6. The van der Waals surface area contributed by atoms with E-state index in [1.807, 2.05) is 6.92 Å². The van der Waals surface area contributed by atoms with Gasteiger partial charge in [0.05, 0.1) is 6.61 Å². The van der Waals surface area contributed by atoms with Gasteiger partial charge in [-0.25, -0.2) is 4.79 Å². The van der Waals surface area contributed by atoms with Crippen molar-refractivity contribution in [3.63, 3.8) is 0 Å². The summed E-state index contributed by atoms with van der Waals surface area (Å²) in [5.74, 6) is -0.367. The van der Waals surface area contributed by atoms with Crippen molar-refractivity contribution in [2.24, 2.45) is 0 Å². The van der Waals surface area contributed by atoms with Crippen LogP contribution in [0.1, 0.15) is 30.5 Å². The Morgan fingerprint density at radius 3 is 2.89 bits per heavy atom. The van der Waals surface area contributed by atoms with Crippen molar-refractivity contribution in [3.8, 4) is 11.4 Å². The second kappa shape index (κ2) is 5.90. The third-order valence-corrected chi connectivity index (χ3v) is 2.27. The highest BCUT2D eigenvalue weighted by molar-refractivity contribution is 5.84. The van der Waals surface area contributed by atoms with Crippen molar-refractivity contribution >= 4 is 5.97 Å². The van der Waals surface area contributed by atoms with Crippen LogP contribution in [0.15, 0.2) is 29.0 Å². The maximum atomic E-state index is 11.5. The fourth-order valence-corrected chi connectivity index (χ4v) is 1.30. The zero-order chi connectivity index (χ0) is 12.8. The van der Waals surface area contributed by atoms with Crippen molar-refractivity contribution in [2.45, 2.75) is 19.8 Å². The summed E-state index contributed by atoms with van der Waals surface area (Å²) in [6, 6.07) is 3.47. The molecule has 0 aliphatic rings. The maximum absolute atomic E-state index is 11.5. The average Bonchev–Trinajstić information content (AvgIpc) is 2.89. The smallest absolute Gasteiger partial charge is 0.397 e. The molecular formula is C12H13N3O3. The van der Waals surface area contributed by atoms with Crippen LogP contribution < -0.4 is 0 Å². The van der Waals surface area contributed by atoms with Crippen LogP contribution in [0.25, 0.3) is 11.4 Å². The zero-order valence-electron chi connectivity index (χ0n) is 10.00. The minimum absolute atomic E-state index is 0.127. The Morgan fingerprint density at radius 1 is 1.39 bits per heavy atom. The maximum Gasteiger partial charge on any atom is 0.397 e. The highest BCUT2D eigenvalue weighted by Gasteiger charge is 2.17. The molecule has 0 N–H and O–H groups in total. The predicted octanol–water partition coefficient (Wildman–Crippen LogP) is 2.09. The van der Waals surface area contributed by atoms with E-state index in [-0.39, 0.29) is 5.89 Å². The van der Waals surface area contributed by atoms with Gasteiger partial charge in [0.15, 0.2) is 0 Å². The van der Waals surface area contributed by atoms with Crippen LogP contribution in [0.4, 0.5) is 0 Å². The first-order valence-electron chi connectivity index (χ1n) is 5.72. The number of esters is 1. The Bertz CT molecular complexity index is 510. The molecule has 2 aromatic rings. The molecule has 0 unspecified atom stereocenters. The van der Waals surface area contributed by atoms with Gasteiger partial charge in [0, 0.05) is 18.0 Å². The lowest BCUT2D eigenvalue weighted by Crippen LogP contribution is -2.06. The standard InChI is InChI=1S/C12H13N3O3/c1-2-3-8-17-12(16)11-14-10(15-18-11)9-4-6-13-7-5-9/h4-7H,2-3,8H2,1H3. The second-order valence-corrected chi connectivity index (χ2v) is 3.65. The van der Waals surface area contributed by atoms with Gasteiger partial charge >= 0.3 is 11.9 Å². The quantitative estimate of drug-likeness (QED) is 0.594. The fraction of sp³-hybridized carbons (Fsp3) is 0.333. The van der Waals surface area contributed by atoms with Gasteiger partial charge in [-0.05, 0) is 18.6 Å². The SMILES string of the molecule is CCCCOC(=O)c1nc(-c2ccncc2)no1. The molecule has 2 aromatic heterocycles. The number of carbonyl (C=O) groups excluding carboxylic acids is 1. The van der Waals surface area contributed by atoms with Crippen LogP contribution in [0.5, 0.6) is 0 Å². The number of pyridine rings is 1. The summed E-state index contributed by atoms with van der Waals surface area (Å²) in [6.45, 7) is 2.38. The number of nitrogens with zero attached hydrogens (tertiary/aromatic N) is 3. The third-order valence-electron chi connectivity index (χ3n) is 2.27. The summed E-state index contributed by atoms with van der Waals surface area (Å²) in [7, 11) is 0. The molecule has 0 aromatic carbocycles. The third kappa shape index (κ3) is 2.91. The minimum atomic E-state index is -0.587. The zero-order valence-corrected chi connectivity index (χ0v) is 10.00. The monoisotopic (exact) mass is 247 g/mol. The normalized spacial score (nSPS) is 10.3. The molecule has 0 aliphatic carbocycles. The number of aromatic nitrogens is 3. The lowest BCUT2D eigenvalue weighted by molar-refractivity contribution is 0.0444. The van der Waals surface area contributed by atoms with Crippen LogP contribution in [-0.2, 0) is 4.74 Å². The summed E-state index contributed by atoms with van der Waals surface area (Å²) in [5, 5.41) is 3.72. The molecule has 6 nitrogen and oxygen atoms in total. The van der Waals surface area contributed by atoms with Gasteiger partial charge in [-0.3, -0.25) is 4.98 Å². The molecule has 0 bridgehead atoms. The molecule has 18 heavy (non-hydrogen) atoms. The van der Waals surface area contributed by atoms with Gasteiger partial charge in [0.1, 0.15) is 0 Å².